The summed E-state index contributed by atoms with van der Waals surface area (Å²) in [7, 11) is 0. The van der Waals surface area contributed by atoms with E-state index in [9.17, 15) is 10.1 Å². The second kappa shape index (κ2) is 7.39. The fourth-order valence-electron chi connectivity index (χ4n) is 3.53. The number of anilines is 1. The lowest BCUT2D eigenvalue weighted by atomic mass is 10.0. The predicted octanol–water partition coefficient (Wildman–Crippen LogP) is 3.50. The summed E-state index contributed by atoms with van der Waals surface area (Å²) >= 11 is 0. The third-order valence-electron chi connectivity index (χ3n) is 4.64. The lowest BCUT2D eigenvalue weighted by molar-refractivity contribution is -0.384. The molecule has 140 valence electrons. The van der Waals surface area contributed by atoms with Crippen LogP contribution in [0.2, 0.25) is 0 Å². The summed E-state index contributed by atoms with van der Waals surface area (Å²) in [6, 6.07) is 5.66. The lowest BCUT2D eigenvalue weighted by Gasteiger charge is -2.28. The highest BCUT2D eigenvalue weighted by Gasteiger charge is 2.43. The van der Waals surface area contributed by atoms with Gasteiger partial charge in [-0.3, -0.25) is 10.1 Å². The van der Waals surface area contributed by atoms with E-state index in [1.165, 1.54) is 0 Å². The Balaban J connectivity index is 1.88. The third-order valence-corrected chi connectivity index (χ3v) is 4.64. The maximum Gasteiger partial charge on any atom is 0.292 e. The van der Waals surface area contributed by atoms with E-state index in [2.05, 4.69) is 53.2 Å². The molecule has 0 bridgehead atoms. The second-order valence-electron chi connectivity index (χ2n) is 7.93. The number of tetrazole rings is 1. The SMILES string of the molecule is CC(C)CN(CC(C)C)c1ccc([C@@H]2C[C@@H]2c2nnn[nH]2)cc1[N+](=O)[O-]. The minimum atomic E-state index is -0.264. The van der Waals surface area contributed by atoms with Crippen LogP contribution in [0.1, 0.15) is 57.3 Å². The van der Waals surface area contributed by atoms with Crippen LogP contribution in [0.25, 0.3) is 0 Å². The Bertz CT molecular complexity index is 749. The van der Waals surface area contributed by atoms with E-state index >= 15 is 0 Å². The molecule has 1 heterocycles. The molecular weight excluding hydrogens is 332 g/mol. The number of hydrogen-bond donors (Lipinski definition) is 1. The Hall–Kier alpha value is -2.51. The number of rotatable bonds is 8. The minimum Gasteiger partial charge on any atom is -0.365 e. The molecule has 0 amide bonds. The van der Waals surface area contributed by atoms with Gasteiger partial charge in [-0.1, -0.05) is 33.8 Å². The van der Waals surface area contributed by atoms with Crippen molar-refractivity contribution in [2.45, 2.75) is 46.0 Å². The number of nitrogens with zero attached hydrogens (tertiary/aromatic N) is 5. The van der Waals surface area contributed by atoms with Crippen molar-refractivity contribution in [3.8, 4) is 0 Å². The van der Waals surface area contributed by atoms with Gasteiger partial charge in [-0.2, -0.15) is 0 Å². The zero-order valence-electron chi connectivity index (χ0n) is 15.7. The first-order valence-corrected chi connectivity index (χ1v) is 9.13. The molecule has 0 unspecified atom stereocenters. The second-order valence-corrected chi connectivity index (χ2v) is 7.93. The zero-order chi connectivity index (χ0) is 18.8. The number of hydrogen-bond acceptors (Lipinski definition) is 6. The monoisotopic (exact) mass is 358 g/mol. The normalized spacial score (nSPS) is 19.2. The van der Waals surface area contributed by atoms with Gasteiger partial charge in [0.2, 0.25) is 0 Å². The molecule has 1 aliphatic rings. The van der Waals surface area contributed by atoms with Crippen LogP contribution in [-0.4, -0.2) is 38.6 Å². The van der Waals surface area contributed by atoms with Gasteiger partial charge in [-0.05, 0) is 46.2 Å². The summed E-state index contributed by atoms with van der Waals surface area (Å²) in [5.74, 6) is 2.07. The van der Waals surface area contributed by atoms with E-state index in [4.69, 9.17) is 0 Å². The van der Waals surface area contributed by atoms with Crippen molar-refractivity contribution < 1.29 is 4.92 Å². The molecule has 26 heavy (non-hydrogen) atoms. The predicted molar refractivity (Wildman–Crippen MR) is 99.3 cm³/mol. The molecule has 1 fully saturated rings. The van der Waals surface area contributed by atoms with Gasteiger partial charge in [0.25, 0.3) is 5.69 Å². The van der Waals surface area contributed by atoms with Crippen LogP contribution in [-0.2, 0) is 0 Å². The Morgan fingerprint density at radius 1 is 1.23 bits per heavy atom. The summed E-state index contributed by atoms with van der Waals surface area (Å²) in [5.41, 5.74) is 1.88. The van der Waals surface area contributed by atoms with Crippen molar-refractivity contribution in [1.82, 2.24) is 20.6 Å². The van der Waals surface area contributed by atoms with Crippen LogP contribution in [0.4, 0.5) is 11.4 Å². The maximum absolute atomic E-state index is 11.7. The molecule has 1 N–H and O–H groups in total. The van der Waals surface area contributed by atoms with E-state index in [0.29, 0.717) is 17.5 Å². The zero-order valence-corrected chi connectivity index (χ0v) is 15.7. The smallest absolute Gasteiger partial charge is 0.292 e. The molecule has 8 nitrogen and oxygen atoms in total. The number of aromatic amines is 1. The van der Waals surface area contributed by atoms with Crippen molar-refractivity contribution >= 4 is 11.4 Å². The van der Waals surface area contributed by atoms with Crippen molar-refractivity contribution in [2.75, 3.05) is 18.0 Å². The van der Waals surface area contributed by atoms with Crippen LogP contribution in [0.3, 0.4) is 0 Å². The van der Waals surface area contributed by atoms with Crippen molar-refractivity contribution in [1.29, 1.82) is 0 Å². The summed E-state index contributed by atoms with van der Waals surface area (Å²) in [5, 5.41) is 25.7. The average Bonchev–Trinajstić information content (AvgIpc) is 3.17. The van der Waals surface area contributed by atoms with Crippen LogP contribution in [0.5, 0.6) is 0 Å². The number of nitro benzene ring substituents is 1. The molecule has 3 rings (SSSR count). The molecular formula is C18H26N6O2. The molecule has 2 atom stereocenters. The van der Waals surface area contributed by atoms with E-state index in [-0.39, 0.29) is 22.4 Å². The van der Waals surface area contributed by atoms with Crippen LogP contribution >= 0.6 is 0 Å². The molecule has 1 aliphatic carbocycles. The number of nitro groups is 1. The van der Waals surface area contributed by atoms with E-state index in [1.54, 1.807) is 6.07 Å². The summed E-state index contributed by atoms with van der Waals surface area (Å²) < 4.78 is 0. The van der Waals surface area contributed by atoms with E-state index in [1.807, 2.05) is 12.1 Å². The molecule has 0 aliphatic heterocycles. The minimum absolute atomic E-state index is 0.185. The summed E-state index contributed by atoms with van der Waals surface area (Å²) in [4.78, 5) is 13.6. The number of nitrogens with one attached hydrogen (secondary N) is 1. The Morgan fingerprint density at radius 2 is 1.92 bits per heavy atom. The largest absolute Gasteiger partial charge is 0.365 e. The molecule has 0 spiro atoms. The van der Waals surface area contributed by atoms with Crippen molar-refractivity contribution in [3.63, 3.8) is 0 Å². The number of H-pyrrole nitrogens is 1. The first kappa shape index (κ1) is 18.3. The van der Waals surface area contributed by atoms with Crippen LogP contribution in [0.15, 0.2) is 18.2 Å². The van der Waals surface area contributed by atoms with Gasteiger partial charge in [0.15, 0.2) is 5.82 Å². The van der Waals surface area contributed by atoms with Gasteiger partial charge in [0, 0.05) is 25.1 Å². The molecule has 0 radical (unpaired) electrons. The fourth-order valence-corrected chi connectivity index (χ4v) is 3.53. The highest BCUT2D eigenvalue weighted by atomic mass is 16.6. The third kappa shape index (κ3) is 4.00. The Labute approximate surface area is 153 Å². The molecule has 0 saturated heterocycles. The number of benzene rings is 1. The van der Waals surface area contributed by atoms with Gasteiger partial charge >= 0.3 is 0 Å². The molecule has 2 aromatic rings. The first-order chi connectivity index (χ1) is 12.4. The van der Waals surface area contributed by atoms with Gasteiger partial charge in [-0.15, -0.1) is 5.10 Å². The molecule has 1 aromatic carbocycles. The Morgan fingerprint density at radius 3 is 2.46 bits per heavy atom. The topological polar surface area (TPSA) is 101 Å². The lowest BCUT2D eigenvalue weighted by Crippen LogP contribution is -2.31. The van der Waals surface area contributed by atoms with Gasteiger partial charge < -0.3 is 4.90 Å². The standard InChI is InChI=1S/C18H26N6O2/c1-11(2)9-23(10-12(3)4)16-6-5-13(7-17(16)24(25)26)14-8-15(14)18-19-21-22-20-18/h5-7,11-12,14-15H,8-10H2,1-4H3,(H,19,20,21,22)/t14-,15-/m0/s1. The summed E-state index contributed by atoms with van der Waals surface area (Å²) in [6.45, 7) is 10.1. The van der Waals surface area contributed by atoms with E-state index in [0.717, 1.165) is 30.9 Å². The maximum atomic E-state index is 11.7. The highest BCUT2D eigenvalue weighted by molar-refractivity contribution is 5.65. The van der Waals surface area contributed by atoms with Crippen LogP contribution < -0.4 is 4.90 Å². The average molecular weight is 358 g/mol. The van der Waals surface area contributed by atoms with Gasteiger partial charge in [-0.25, -0.2) is 5.10 Å². The van der Waals surface area contributed by atoms with Crippen molar-refractivity contribution in [3.05, 3.63) is 39.7 Å². The fraction of sp³-hybridized carbons (Fsp3) is 0.611. The van der Waals surface area contributed by atoms with Gasteiger partial charge in [0.1, 0.15) is 5.69 Å². The van der Waals surface area contributed by atoms with E-state index < -0.39 is 0 Å². The molecule has 8 heteroatoms. The summed E-state index contributed by atoms with van der Waals surface area (Å²) in [6.07, 6.45) is 0.912. The quantitative estimate of drug-likeness (QED) is 0.572. The number of aromatic nitrogens is 4. The van der Waals surface area contributed by atoms with Gasteiger partial charge in [0.05, 0.1) is 4.92 Å². The molecule has 1 saturated carbocycles. The first-order valence-electron chi connectivity index (χ1n) is 9.13. The Kier molecular flexibility index (Phi) is 5.20. The highest BCUT2D eigenvalue weighted by Crippen LogP contribution is 2.54. The van der Waals surface area contributed by atoms with Crippen molar-refractivity contribution in [2.24, 2.45) is 11.8 Å². The van der Waals surface area contributed by atoms with Crippen LogP contribution in [0, 0.1) is 22.0 Å². The molecule has 1 aromatic heterocycles.